The molecule has 2 aromatic rings. The van der Waals surface area contributed by atoms with Gasteiger partial charge in [-0.3, -0.25) is 23.9 Å². The third kappa shape index (κ3) is 4.05. The van der Waals surface area contributed by atoms with Crippen molar-refractivity contribution in [2.45, 2.75) is 6.54 Å². The fourth-order valence-corrected chi connectivity index (χ4v) is 2.07. The smallest absolute Gasteiger partial charge is 0.328 e. The summed E-state index contributed by atoms with van der Waals surface area (Å²) in [5.41, 5.74) is -0.853. The zero-order chi connectivity index (χ0) is 17.8. The van der Waals surface area contributed by atoms with Gasteiger partial charge in [-0.2, -0.15) is 0 Å². The number of hydrogen-bond acceptors (Lipinski definition) is 7. The van der Waals surface area contributed by atoms with Gasteiger partial charge in [0.2, 0.25) is 6.79 Å². The Morgan fingerprint density at radius 2 is 2.00 bits per heavy atom. The molecule has 0 saturated carbocycles. The van der Waals surface area contributed by atoms with Crippen LogP contribution in [0.5, 0.6) is 11.5 Å². The first-order chi connectivity index (χ1) is 12.0. The van der Waals surface area contributed by atoms with Crippen molar-refractivity contribution in [1.82, 2.24) is 9.55 Å². The van der Waals surface area contributed by atoms with Crippen LogP contribution in [0.2, 0.25) is 0 Å². The minimum Gasteiger partial charge on any atom is -0.454 e. The van der Waals surface area contributed by atoms with Crippen LogP contribution in [0.4, 0.5) is 5.69 Å². The molecule has 0 aliphatic carbocycles. The molecule has 0 saturated heterocycles. The van der Waals surface area contributed by atoms with E-state index < -0.39 is 36.3 Å². The summed E-state index contributed by atoms with van der Waals surface area (Å²) in [6.45, 7) is -0.827. The Kier molecular flexibility index (Phi) is 4.50. The van der Waals surface area contributed by atoms with E-state index >= 15 is 0 Å². The molecule has 130 valence electrons. The molecule has 1 aliphatic heterocycles. The minimum absolute atomic E-state index is 0.120. The van der Waals surface area contributed by atoms with Crippen LogP contribution >= 0.6 is 0 Å². The predicted octanol–water partition coefficient (Wildman–Crippen LogP) is -0.553. The number of ether oxygens (including phenoxy) is 3. The minimum atomic E-state index is -0.796. The fraction of sp³-hybridized carbons (Fsp3) is 0.200. The molecule has 1 aliphatic rings. The van der Waals surface area contributed by atoms with Crippen LogP contribution in [0, 0.1) is 0 Å². The van der Waals surface area contributed by atoms with E-state index in [9.17, 15) is 19.2 Å². The Hall–Kier alpha value is -3.56. The second-order valence-corrected chi connectivity index (χ2v) is 5.01. The zero-order valence-electron chi connectivity index (χ0n) is 12.8. The Balaban J connectivity index is 1.51. The number of nitrogens with one attached hydrogen (secondary N) is 2. The lowest BCUT2D eigenvalue weighted by atomic mass is 10.3. The molecule has 1 aromatic carbocycles. The van der Waals surface area contributed by atoms with Crippen LogP contribution < -0.4 is 26.0 Å². The number of nitrogens with zero attached hydrogens (tertiary/aromatic N) is 1. The van der Waals surface area contributed by atoms with Crippen LogP contribution in [0.3, 0.4) is 0 Å². The molecule has 0 unspecified atom stereocenters. The number of rotatable bonds is 5. The van der Waals surface area contributed by atoms with Gasteiger partial charge in [0, 0.05) is 24.0 Å². The third-order valence-electron chi connectivity index (χ3n) is 3.22. The summed E-state index contributed by atoms with van der Waals surface area (Å²) in [7, 11) is 0. The van der Waals surface area contributed by atoms with Crippen LogP contribution in [0.25, 0.3) is 0 Å². The number of benzene rings is 1. The molecule has 0 bridgehead atoms. The van der Waals surface area contributed by atoms with Crippen molar-refractivity contribution in [2.75, 3.05) is 18.7 Å². The van der Waals surface area contributed by atoms with Gasteiger partial charge in [-0.1, -0.05) is 0 Å². The summed E-state index contributed by atoms with van der Waals surface area (Å²) in [6.07, 6.45) is 1.16. The van der Waals surface area contributed by atoms with Crippen LogP contribution in [-0.4, -0.2) is 34.8 Å². The quantitative estimate of drug-likeness (QED) is 0.694. The van der Waals surface area contributed by atoms with Crippen molar-refractivity contribution in [3.63, 3.8) is 0 Å². The van der Waals surface area contributed by atoms with Gasteiger partial charge in [0.05, 0.1) is 0 Å². The monoisotopic (exact) mass is 347 g/mol. The van der Waals surface area contributed by atoms with Gasteiger partial charge in [-0.15, -0.1) is 0 Å². The molecule has 1 aromatic heterocycles. The number of fused-ring (bicyclic) bond motifs is 1. The van der Waals surface area contributed by atoms with Gasteiger partial charge in [0.25, 0.3) is 11.5 Å². The number of carbonyl (C=O) groups is 2. The van der Waals surface area contributed by atoms with Gasteiger partial charge in [0.1, 0.15) is 6.54 Å². The lowest BCUT2D eigenvalue weighted by Gasteiger charge is -2.08. The Morgan fingerprint density at radius 1 is 1.20 bits per heavy atom. The summed E-state index contributed by atoms with van der Waals surface area (Å²) in [6, 6.07) is 5.95. The van der Waals surface area contributed by atoms with Crippen molar-refractivity contribution < 1.29 is 23.8 Å². The van der Waals surface area contributed by atoms with Crippen LogP contribution in [0.15, 0.2) is 40.1 Å². The van der Waals surface area contributed by atoms with E-state index in [0.29, 0.717) is 17.2 Å². The molecule has 25 heavy (non-hydrogen) atoms. The molecule has 0 spiro atoms. The maximum absolute atomic E-state index is 11.8. The highest BCUT2D eigenvalue weighted by Crippen LogP contribution is 2.34. The Bertz CT molecular complexity index is 931. The number of H-pyrrole nitrogens is 1. The highest BCUT2D eigenvalue weighted by Gasteiger charge is 2.15. The molecule has 0 atom stereocenters. The van der Waals surface area contributed by atoms with Crippen molar-refractivity contribution in [3.05, 3.63) is 51.3 Å². The lowest BCUT2D eigenvalue weighted by Crippen LogP contribution is -2.32. The van der Waals surface area contributed by atoms with Gasteiger partial charge < -0.3 is 19.5 Å². The van der Waals surface area contributed by atoms with Crippen LogP contribution in [0.1, 0.15) is 0 Å². The highest BCUT2D eigenvalue weighted by molar-refractivity contribution is 5.93. The molecule has 2 N–H and O–H groups in total. The van der Waals surface area contributed by atoms with E-state index in [1.165, 1.54) is 0 Å². The second kappa shape index (κ2) is 6.91. The largest absolute Gasteiger partial charge is 0.454 e. The fourth-order valence-electron chi connectivity index (χ4n) is 2.07. The van der Waals surface area contributed by atoms with E-state index in [1.54, 1.807) is 18.2 Å². The maximum Gasteiger partial charge on any atom is 0.328 e. The molecular formula is C15H13N3O7. The average Bonchev–Trinajstić information content (AvgIpc) is 3.03. The number of carbonyl (C=O) groups excluding carboxylic acids is 2. The maximum atomic E-state index is 11.8. The molecule has 1 amide bonds. The van der Waals surface area contributed by atoms with Crippen LogP contribution in [-0.2, 0) is 20.9 Å². The van der Waals surface area contributed by atoms with Crippen molar-refractivity contribution in [1.29, 1.82) is 0 Å². The first kappa shape index (κ1) is 16.3. The number of hydrogen-bond donors (Lipinski definition) is 2. The Morgan fingerprint density at radius 3 is 2.80 bits per heavy atom. The number of esters is 1. The highest BCUT2D eigenvalue weighted by atomic mass is 16.7. The average molecular weight is 347 g/mol. The second-order valence-electron chi connectivity index (χ2n) is 5.01. The predicted molar refractivity (Wildman–Crippen MR) is 83.5 cm³/mol. The van der Waals surface area contributed by atoms with Gasteiger partial charge in [0.15, 0.2) is 18.1 Å². The number of aromatic nitrogens is 2. The Labute approximate surface area is 139 Å². The van der Waals surface area contributed by atoms with E-state index in [-0.39, 0.29) is 6.79 Å². The number of anilines is 1. The molecule has 10 heteroatoms. The van der Waals surface area contributed by atoms with Gasteiger partial charge in [-0.25, -0.2) is 4.79 Å². The first-order valence-electron chi connectivity index (χ1n) is 7.16. The molecule has 0 fully saturated rings. The van der Waals surface area contributed by atoms with E-state index in [2.05, 4.69) is 5.32 Å². The number of amides is 1. The third-order valence-corrected chi connectivity index (χ3v) is 3.22. The summed E-state index contributed by atoms with van der Waals surface area (Å²) in [5.74, 6) is -0.265. The van der Waals surface area contributed by atoms with Gasteiger partial charge in [-0.05, 0) is 12.1 Å². The topological polar surface area (TPSA) is 129 Å². The summed E-state index contributed by atoms with van der Waals surface area (Å²) in [5, 5.41) is 2.54. The van der Waals surface area contributed by atoms with E-state index in [0.717, 1.165) is 16.8 Å². The number of aromatic amines is 1. The van der Waals surface area contributed by atoms with Gasteiger partial charge >= 0.3 is 11.7 Å². The standard InChI is InChI=1S/C15H13N3O7/c19-12-3-4-18(15(22)17-12)6-14(21)23-7-13(20)16-9-1-2-10-11(5-9)25-8-24-10/h1-5H,6-8H2,(H,16,20)(H,17,19,22). The summed E-state index contributed by atoms with van der Waals surface area (Å²) >= 11 is 0. The van der Waals surface area contributed by atoms with Crippen molar-refractivity contribution in [3.8, 4) is 11.5 Å². The lowest BCUT2D eigenvalue weighted by molar-refractivity contribution is -0.148. The molecule has 3 rings (SSSR count). The van der Waals surface area contributed by atoms with E-state index in [1.807, 2.05) is 4.98 Å². The molecule has 2 heterocycles. The molecule has 10 nitrogen and oxygen atoms in total. The first-order valence-corrected chi connectivity index (χ1v) is 7.16. The SMILES string of the molecule is O=C(COC(=O)Cn1ccc(=O)[nH]c1=O)Nc1ccc2c(c1)OCO2. The van der Waals surface area contributed by atoms with Crippen molar-refractivity contribution in [2.24, 2.45) is 0 Å². The molecular weight excluding hydrogens is 334 g/mol. The van der Waals surface area contributed by atoms with Crippen molar-refractivity contribution >= 4 is 17.6 Å². The summed E-state index contributed by atoms with van der Waals surface area (Å²) in [4.78, 5) is 47.9. The molecule has 0 radical (unpaired) electrons. The normalized spacial score (nSPS) is 11.8. The summed E-state index contributed by atoms with van der Waals surface area (Å²) < 4.78 is 16.1. The zero-order valence-corrected chi connectivity index (χ0v) is 12.8. The van der Waals surface area contributed by atoms with E-state index in [4.69, 9.17) is 14.2 Å².